The van der Waals surface area contributed by atoms with Crippen LogP contribution in [0, 0.1) is 50.2 Å². The molecule has 0 aromatic rings. The summed E-state index contributed by atoms with van der Waals surface area (Å²) in [6.45, 7) is 14.3. The predicted octanol–water partition coefficient (Wildman–Crippen LogP) is -2.54. The highest BCUT2D eigenvalue weighted by Gasteiger charge is 2.71. The van der Waals surface area contributed by atoms with Crippen molar-refractivity contribution in [1.82, 2.24) is 0 Å². The summed E-state index contributed by atoms with van der Waals surface area (Å²) in [6, 6.07) is 0. The van der Waals surface area contributed by atoms with E-state index in [9.17, 15) is 76.6 Å². The lowest BCUT2D eigenvalue weighted by molar-refractivity contribution is -0.365. The Hall–Kier alpha value is -1.75. The van der Waals surface area contributed by atoms with Crippen molar-refractivity contribution >= 4 is 5.97 Å². The molecule has 0 aromatic heterocycles. The van der Waals surface area contributed by atoms with Crippen LogP contribution in [0.3, 0.4) is 0 Å². The number of hydrogen-bond acceptors (Lipinski definition) is 26. The second-order valence-corrected chi connectivity index (χ2v) is 28.5. The first-order valence-electron chi connectivity index (χ1n) is 30.6. The van der Waals surface area contributed by atoms with Crippen molar-refractivity contribution < 1.29 is 129 Å². The van der Waals surface area contributed by atoms with Gasteiger partial charge in [-0.05, 0) is 117 Å². The highest BCUT2D eigenvalue weighted by atomic mass is 16.8. The van der Waals surface area contributed by atoms with E-state index in [4.69, 9.17) is 47.4 Å². The largest absolute Gasteiger partial charge is 0.432 e. The number of aliphatic hydroxyl groups is 15. The molecule has 9 fully saturated rings. The van der Waals surface area contributed by atoms with Crippen molar-refractivity contribution in [2.75, 3.05) is 26.4 Å². The third-order valence-electron chi connectivity index (χ3n) is 23.2. The van der Waals surface area contributed by atoms with Crippen molar-refractivity contribution in [1.29, 1.82) is 0 Å². The van der Waals surface area contributed by atoms with Gasteiger partial charge in [-0.1, -0.05) is 53.2 Å². The van der Waals surface area contributed by atoms with Crippen LogP contribution in [0.2, 0.25) is 0 Å². The molecular weight excluding hydrogens is 1120 g/mol. The average molecular weight is 1220 g/mol. The molecule has 2 unspecified atom stereocenters. The maximum absolute atomic E-state index is 15.2. The lowest BCUT2D eigenvalue weighted by Crippen LogP contribution is -2.67. The summed E-state index contributed by atoms with van der Waals surface area (Å²) in [6.07, 6.45) is -29.6. The van der Waals surface area contributed by atoms with Gasteiger partial charge in [-0.3, -0.25) is 4.79 Å². The molecule has 5 aliphatic carbocycles. The standard InChI is InChI=1S/C59H96O26/c1-24-34(63)38(67)42(71)49(78-24)83-46-29(20-60)80-48(45(74)41(46)70)77-22-30-37(66)40(69)44(73)51(81-30)85-53(75)59-17-15-54(3,4)19-27(59)26-9-10-32-55(5)13-12-33(56(6,23-61)31(55)11-14-58(32,8)57(26,7)16-18-59)82-52-47(36(65)28(62)21-76-52)84-50-43(72)39(68)35(64)25(2)79-50/h9,24-25,27-52,60-74H,10-23H2,1-8H3/t24-,25-,27-,28-,29+,30+,31+,32+,33-,34-,35-,36-,37+,38?,39?,40-,41+,42+,43+,44+,45+,46+,47+,48+,49-,50-,51-,52-,55-,56-,57+,58+,59-/m0/s1. The molecule has 26 heteroatoms. The van der Waals surface area contributed by atoms with Gasteiger partial charge in [0.1, 0.15) is 104 Å². The van der Waals surface area contributed by atoms with E-state index in [0.717, 1.165) is 12.8 Å². The molecule has 0 bridgehead atoms. The Morgan fingerprint density at radius 1 is 0.565 bits per heavy atom. The lowest BCUT2D eigenvalue weighted by atomic mass is 9.33. The number of carbonyl (C=O) groups excluding carboxylic acids is 1. The van der Waals surface area contributed by atoms with Gasteiger partial charge in [0.25, 0.3) is 0 Å². The van der Waals surface area contributed by atoms with Crippen LogP contribution in [0.4, 0.5) is 0 Å². The van der Waals surface area contributed by atoms with Gasteiger partial charge in [-0.15, -0.1) is 0 Å². The maximum atomic E-state index is 15.2. The molecular formula is C59H96O26. The highest BCUT2D eigenvalue weighted by molar-refractivity contribution is 5.79. The number of fused-ring (bicyclic) bond motifs is 7. The minimum atomic E-state index is -1.90. The predicted molar refractivity (Wildman–Crippen MR) is 288 cm³/mol. The highest BCUT2D eigenvalue weighted by Crippen LogP contribution is 2.76. The Balaban J connectivity index is 0.833. The molecule has 10 aliphatic rings. The van der Waals surface area contributed by atoms with Crippen molar-refractivity contribution in [2.45, 2.75) is 273 Å². The van der Waals surface area contributed by atoms with Gasteiger partial charge in [0.2, 0.25) is 6.29 Å². The monoisotopic (exact) mass is 1220 g/mol. The van der Waals surface area contributed by atoms with E-state index >= 15 is 4.79 Å². The van der Waals surface area contributed by atoms with Crippen LogP contribution in [-0.4, -0.2) is 263 Å². The van der Waals surface area contributed by atoms with Crippen LogP contribution in [0.5, 0.6) is 0 Å². The Morgan fingerprint density at radius 3 is 1.76 bits per heavy atom. The Labute approximate surface area is 494 Å². The number of esters is 1. The van der Waals surface area contributed by atoms with E-state index in [2.05, 4.69) is 40.7 Å². The number of rotatable bonds is 13. The van der Waals surface area contributed by atoms with E-state index in [1.165, 1.54) is 19.4 Å². The number of carbonyl (C=O) groups is 1. The van der Waals surface area contributed by atoms with E-state index < -0.39 is 189 Å². The second kappa shape index (κ2) is 24.4. The molecule has 85 heavy (non-hydrogen) atoms. The normalized spacial score (nSPS) is 55.3. The molecule has 5 saturated heterocycles. The van der Waals surface area contributed by atoms with Gasteiger partial charge >= 0.3 is 5.97 Å². The summed E-state index contributed by atoms with van der Waals surface area (Å²) < 4.78 is 59.4. The quantitative estimate of drug-likeness (QED) is 0.0513. The summed E-state index contributed by atoms with van der Waals surface area (Å²) in [5.74, 6) is -0.861. The zero-order valence-corrected chi connectivity index (χ0v) is 49.8. The van der Waals surface area contributed by atoms with E-state index in [0.29, 0.717) is 51.4 Å². The molecule has 4 saturated carbocycles. The Kier molecular flexibility index (Phi) is 19.0. The molecule has 5 heterocycles. The molecule has 33 atom stereocenters. The fourth-order valence-corrected chi connectivity index (χ4v) is 17.5. The van der Waals surface area contributed by atoms with Gasteiger partial charge in [0.05, 0.1) is 50.2 Å². The minimum Gasteiger partial charge on any atom is -0.432 e. The van der Waals surface area contributed by atoms with Crippen molar-refractivity contribution in [3.05, 3.63) is 11.6 Å². The first kappa shape index (κ1) is 66.2. The molecule has 0 amide bonds. The lowest BCUT2D eigenvalue weighted by Gasteiger charge is -2.71. The average Bonchev–Trinajstić information content (AvgIpc) is 0.692. The van der Waals surface area contributed by atoms with E-state index in [1.54, 1.807) is 0 Å². The molecule has 10 rings (SSSR count). The Morgan fingerprint density at radius 2 is 1.14 bits per heavy atom. The van der Waals surface area contributed by atoms with Gasteiger partial charge in [0.15, 0.2) is 25.2 Å². The molecule has 0 aromatic carbocycles. The van der Waals surface area contributed by atoms with Crippen molar-refractivity contribution in [3.8, 4) is 0 Å². The molecule has 0 radical (unpaired) electrons. The number of allylic oxidation sites excluding steroid dienone is 2. The summed E-state index contributed by atoms with van der Waals surface area (Å²) >= 11 is 0. The molecule has 488 valence electrons. The van der Waals surface area contributed by atoms with Crippen LogP contribution < -0.4 is 0 Å². The third-order valence-corrected chi connectivity index (χ3v) is 23.2. The summed E-state index contributed by atoms with van der Waals surface area (Å²) in [5, 5.41) is 163. The van der Waals surface area contributed by atoms with E-state index in [-0.39, 0.29) is 47.2 Å². The van der Waals surface area contributed by atoms with Crippen LogP contribution >= 0.6 is 0 Å². The number of hydrogen-bond donors (Lipinski definition) is 15. The van der Waals surface area contributed by atoms with Crippen molar-refractivity contribution in [3.63, 3.8) is 0 Å². The fraction of sp³-hybridized carbons (Fsp3) is 0.949. The number of ether oxygens (including phenoxy) is 10. The van der Waals surface area contributed by atoms with Crippen LogP contribution in [0.15, 0.2) is 11.6 Å². The zero-order chi connectivity index (χ0) is 62.0. The fourth-order valence-electron chi connectivity index (χ4n) is 17.5. The summed E-state index contributed by atoms with van der Waals surface area (Å²) in [7, 11) is 0. The molecule has 5 aliphatic heterocycles. The zero-order valence-electron chi connectivity index (χ0n) is 49.8. The summed E-state index contributed by atoms with van der Waals surface area (Å²) in [5.41, 5.74) is -1.93. The first-order valence-corrected chi connectivity index (χ1v) is 30.6. The first-order chi connectivity index (χ1) is 39.8. The van der Waals surface area contributed by atoms with Gasteiger partial charge in [-0.2, -0.15) is 0 Å². The number of aliphatic hydroxyl groups excluding tert-OH is 15. The second-order valence-electron chi connectivity index (χ2n) is 28.5. The summed E-state index contributed by atoms with van der Waals surface area (Å²) in [4.78, 5) is 15.2. The minimum absolute atomic E-state index is 0.0670. The third kappa shape index (κ3) is 11.1. The van der Waals surface area contributed by atoms with Crippen LogP contribution in [0.1, 0.15) is 120 Å². The van der Waals surface area contributed by atoms with E-state index in [1.807, 2.05) is 6.92 Å². The smallest absolute Gasteiger partial charge is 0.315 e. The molecule has 26 nitrogen and oxygen atoms in total. The molecule has 15 N–H and O–H groups in total. The van der Waals surface area contributed by atoms with Crippen LogP contribution in [0.25, 0.3) is 0 Å². The maximum Gasteiger partial charge on any atom is 0.315 e. The van der Waals surface area contributed by atoms with Crippen LogP contribution in [-0.2, 0) is 52.2 Å². The Bertz CT molecular complexity index is 2370. The van der Waals surface area contributed by atoms with Gasteiger partial charge < -0.3 is 124 Å². The molecule has 0 spiro atoms. The SMILES string of the molecule is C[C@@H]1O[C@@H](O[C@H]2[C@H](O[C@H]3CC[C@@]4(C)[C@@H](CC[C@]5(C)[C@@H]4CC=C4[C@@H]6CC(C)(C)CC[C@]6(C(=O)O[C@@H]6O[C@H](CO[C@@H]7O[C@H](CO)[C@@H](O[C@@H]8O[C@@H](C)[C@H](O)C(O)[C@H]8O)[C@H](O)[C@H]7O)[C@@H](O)[C@H](O)[C@H]6O)CC[C@]45C)[C@]3(C)CO)OC[C@H](O)[C@@H]2O)[C@H](O)C(O)[C@H]1O. The topological polar surface area (TPSA) is 413 Å². The van der Waals surface area contributed by atoms with Gasteiger partial charge in [0, 0.05) is 5.41 Å². The van der Waals surface area contributed by atoms with Crippen molar-refractivity contribution in [2.24, 2.45) is 50.2 Å². The van der Waals surface area contributed by atoms with Gasteiger partial charge in [-0.25, -0.2) is 0 Å².